The van der Waals surface area contributed by atoms with Gasteiger partial charge in [0.05, 0.1) is 12.4 Å². The van der Waals surface area contributed by atoms with E-state index in [1.54, 1.807) is 18.0 Å². The van der Waals surface area contributed by atoms with E-state index < -0.39 is 0 Å². The third-order valence-corrected chi connectivity index (χ3v) is 2.07. The lowest BCUT2D eigenvalue weighted by Gasteiger charge is -2.06. The molecule has 3 nitrogen and oxygen atoms in total. The maximum Gasteiger partial charge on any atom is 0.294 e. The Morgan fingerprint density at radius 2 is 2.67 bits per heavy atom. The molecule has 0 saturated carbocycles. The van der Waals surface area contributed by atoms with Crippen LogP contribution in [0.25, 0.3) is 0 Å². The second kappa shape index (κ2) is 1.97. The van der Waals surface area contributed by atoms with Crippen molar-refractivity contribution in [3.05, 3.63) is 12.4 Å². The van der Waals surface area contributed by atoms with Crippen molar-refractivity contribution < 1.29 is 5.01 Å². The van der Waals surface area contributed by atoms with Crippen LogP contribution in [0.3, 0.4) is 0 Å². The van der Waals surface area contributed by atoms with Gasteiger partial charge < -0.3 is 0 Å². The highest BCUT2D eigenvalue weighted by atomic mass is 32.2. The van der Waals surface area contributed by atoms with Crippen LogP contribution >= 0.6 is 11.8 Å². The van der Waals surface area contributed by atoms with Crippen LogP contribution in [0.2, 0.25) is 0 Å². The Morgan fingerprint density at radius 3 is 3.56 bits per heavy atom. The van der Waals surface area contributed by atoms with Crippen molar-refractivity contribution in [3.63, 3.8) is 0 Å². The molecule has 0 bridgehead atoms. The Hall–Kier alpha value is -0.610. The molecule has 0 saturated heterocycles. The zero-order valence-corrected chi connectivity index (χ0v) is 5.56. The Morgan fingerprint density at radius 1 is 1.67 bits per heavy atom. The van der Waals surface area contributed by atoms with E-state index in [9.17, 15) is 0 Å². The molecule has 4 heteroatoms. The number of thioether (sulfide) groups is 1. The number of rotatable bonds is 0. The molecule has 0 aromatic rings. The van der Waals surface area contributed by atoms with Crippen LogP contribution in [0.1, 0.15) is 0 Å². The van der Waals surface area contributed by atoms with Crippen LogP contribution < -0.4 is 5.01 Å². The van der Waals surface area contributed by atoms with E-state index in [0.717, 1.165) is 15.9 Å². The Kier molecular flexibility index (Phi) is 1.13. The van der Waals surface area contributed by atoms with Crippen molar-refractivity contribution in [2.24, 2.45) is 10.1 Å². The van der Waals surface area contributed by atoms with Crippen molar-refractivity contribution >= 4 is 23.1 Å². The fraction of sp³-hybridized carbons (Fsp3) is 0.200. The predicted molar refractivity (Wildman–Crippen MR) is 38.5 cm³/mol. The van der Waals surface area contributed by atoms with Gasteiger partial charge >= 0.3 is 0 Å². The van der Waals surface area contributed by atoms with E-state index >= 15 is 0 Å². The largest absolute Gasteiger partial charge is 0.294 e. The first-order valence-corrected chi connectivity index (χ1v) is 3.72. The zero-order chi connectivity index (χ0) is 6.10. The van der Waals surface area contributed by atoms with E-state index in [0.29, 0.717) is 0 Å². The molecule has 0 spiro atoms. The standard InChI is InChI=1S/C5H5N3S/c1-3-8-5(6-1)9-4-2-7-8/h1-3H,4H2/p+1. The van der Waals surface area contributed by atoms with E-state index in [1.165, 1.54) is 0 Å². The number of quaternary nitrogens is 1. The molecule has 0 amide bonds. The molecular weight excluding hydrogens is 134 g/mol. The van der Waals surface area contributed by atoms with Gasteiger partial charge in [-0.2, -0.15) is 4.99 Å². The van der Waals surface area contributed by atoms with E-state index in [-0.39, 0.29) is 0 Å². The number of nitrogens with zero attached hydrogens (tertiary/aromatic N) is 2. The minimum absolute atomic E-state index is 0.962. The summed E-state index contributed by atoms with van der Waals surface area (Å²) in [6.07, 6.45) is 5.63. The first kappa shape index (κ1) is 5.20. The van der Waals surface area contributed by atoms with Crippen LogP contribution in [0, 0.1) is 0 Å². The van der Waals surface area contributed by atoms with Gasteiger partial charge in [-0.15, -0.1) is 5.01 Å². The van der Waals surface area contributed by atoms with Gasteiger partial charge in [-0.25, -0.2) is 0 Å². The zero-order valence-electron chi connectivity index (χ0n) is 4.74. The van der Waals surface area contributed by atoms with Gasteiger partial charge in [-0.05, 0) is 11.8 Å². The SMILES string of the molecule is C1=C[NH+]2N=CCSC2=N1. The highest BCUT2D eigenvalue weighted by Crippen LogP contribution is 2.02. The predicted octanol–water partition coefficient (Wildman–Crippen LogP) is -0.555. The summed E-state index contributed by atoms with van der Waals surface area (Å²) in [4.78, 5) is 4.11. The summed E-state index contributed by atoms with van der Waals surface area (Å²) in [5.41, 5.74) is 0. The molecule has 2 rings (SSSR count). The van der Waals surface area contributed by atoms with Crippen LogP contribution in [0.5, 0.6) is 0 Å². The normalized spacial score (nSPS) is 30.2. The molecule has 0 radical (unpaired) electrons. The molecule has 0 aromatic heterocycles. The van der Waals surface area contributed by atoms with E-state index in [1.807, 2.05) is 12.4 Å². The Labute approximate surface area is 57.1 Å². The van der Waals surface area contributed by atoms with Gasteiger partial charge in [0.2, 0.25) is 0 Å². The second-order valence-corrected chi connectivity index (χ2v) is 2.77. The number of fused-ring (bicyclic) bond motifs is 1. The fourth-order valence-electron chi connectivity index (χ4n) is 0.774. The molecule has 2 aliphatic heterocycles. The number of aliphatic imine (C=N–C) groups is 1. The first-order chi connectivity index (χ1) is 4.47. The lowest BCUT2D eigenvalue weighted by molar-refractivity contribution is -0.746. The smallest absolute Gasteiger partial charge is 0.190 e. The summed E-state index contributed by atoms with van der Waals surface area (Å²) in [6, 6.07) is 0. The Bertz CT molecular complexity index is 206. The van der Waals surface area contributed by atoms with Gasteiger partial charge in [0.15, 0.2) is 0 Å². The van der Waals surface area contributed by atoms with Crippen LogP contribution in [0.4, 0.5) is 0 Å². The van der Waals surface area contributed by atoms with Gasteiger partial charge in [-0.1, -0.05) is 5.10 Å². The molecule has 46 valence electrons. The molecule has 0 aromatic carbocycles. The van der Waals surface area contributed by atoms with Crippen LogP contribution in [-0.2, 0) is 0 Å². The highest BCUT2D eigenvalue weighted by molar-refractivity contribution is 8.13. The quantitative estimate of drug-likeness (QED) is 0.480. The molecular formula is C5H6N3S+. The third kappa shape index (κ3) is 0.799. The monoisotopic (exact) mass is 140 g/mol. The number of nitrogens with one attached hydrogen (secondary N) is 1. The lowest BCUT2D eigenvalue weighted by Crippen LogP contribution is -3.04. The molecule has 2 heterocycles. The Balaban J connectivity index is 2.31. The number of amidine groups is 1. The second-order valence-electron chi connectivity index (χ2n) is 1.76. The molecule has 9 heavy (non-hydrogen) atoms. The maximum atomic E-state index is 4.14. The van der Waals surface area contributed by atoms with Gasteiger partial charge in [-0.3, -0.25) is 0 Å². The summed E-state index contributed by atoms with van der Waals surface area (Å²) in [6.45, 7) is 0. The summed E-state index contributed by atoms with van der Waals surface area (Å²) in [5, 5.41) is 6.23. The third-order valence-electron chi connectivity index (χ3n) is 1.17. The summed E-state index contributed by atoms with van der Waals surface area (Å²) >= 11 is 1.73. The van der Waals surface area contributed by atoms with Crippen molar-refractivity contribution in [2.45, 2.75) is 0 Å². The van der Waals surface area contributed by atoms with Crippen molar-refractivity contribution in [1.29, 1.82) is 0 Å². The molecule has 2 aliphatic rings. The summed E-state index contributed by atoms with van der Waals surface area (Å²) in [5.74, 6) is 0.962. The van der Waals surface area contributed by atoms with Crippen molar-refractivity contribution in [1.82, 2.24) is 0 Å². The van der Waals surface area contributed by atoms with E-state index in [2.05, 4.69) is 10.1 Å². The van der Waals surface area contributed by atoms with Crippen molar-refractivity contribution in [2.75, 3.05) is 5.75 Å². The molecule has 1 N–H and O–H groups in total. The van der Waals surface area contributed by atoms with Crippen LogP contribution in [0.15, 0.2) is 22.5 Å². The van der Waals surface area contributed by atoms with E-state index in [4.69, 9.17) is 0 Å². The first-order valence-electron chi connectivity index (χ1n) is 2.74. The molecule has 0 aliphatic carbocycles. The van der Waals surface area contributed by atoms with Crippen molar-refractivity contribution in [3.8, 4) is 0 Å². The topological polar surface area (TPSA) is 29.2 Å². The van der Waals surface area contributed by atoms with Gasteiger partial charge in [0, 0.05) is 5.75 Å². The minimum Gasteiger partial charge on any atom is -0.190 e. The highest BCUT2D eigenvalue weighted by Gasteiger charge is 2.21. The molecule has 1 unspecified atom stereocenters. The number of hydrogen-bond donors (Lipinski definition) is 1. The van der Waals surface area contributed by atoms with Gasteiger partial charge in [0.1, 0.15) is 6.20 Å². The minimum atomic E-state index is 0.962. The molecule has 1 atom stereocenters. The van der Waals surface area contributed by atoms with Crippen LogP contribution in [-0.4, -0.2) is 17.1 Å². The maximum absolute atomic E-state index is 4.14. The number of hydrogen-bond acceptors (Lipinski definition) is 3. The molecule has 0 fully saturated rings. The average molecular weight is 140 g/mol. The van der Waals surface area contributed by atoms with Gasteiger partial charge in [0.25, 0.3) is 5.17 Å². The lowest BCUT2D eigenvalue weighted by atomic mass is 10.8. The fourth-order valence-corrected chi connectivity index (χ4v) is 1.49. The average Bonchev–Trinajstić information content (AvgIpc) is 2.33. The summed E-state index contributed by atoms with van der Waals surface area (Å²) < 4.78 is 0. The summed E-state index contributed by atoms with van der Waals surface area (Å²) in [7, 11) is 0.